The smallest absolute Gasteiger partial charge is 0.151 e. The van der Waals surface area contributed by atoms with E-state index in [0.717, 1.165) is 6.54 Å². The molecule has 0 radical (unpaired) electrons. The molecule has 0 saturated heterocycles. The fourth-order valence-corrected chi connectivity index (χ4v) is 2.60. The highest BCUT2D eigenvalue weighted by Gasteiger charge is 2.27. The van der Waals surface area contributed by atoms with E-state index < -0.39 is 6.29 Å². The third kappa shape index (κ3) is 4.89. The van der Waals surface area contributed by atoms with Crippen molar-refractivity contribution in [3.8, 4) is 0 Å². The molecule has 0 aromatic heterocycles. The highest BCUT2D eigenvalue weighted by molar-refractivity contribution is 5.25. The fraction of sp³-hybridized carbons (Fsp3) is 0.733. The first-order chi connectivity index (χ1) is 9.49. The van der Waals surface area contributed by atoms with Gasteiger partial charge in [-0.15, -0.1) is 0 Å². The Balaban J connectivity index is 2.88. The van der Waals surface area contributed by atoms with Crippen molar-refractivity contribution in [3.63, 3.8) is 0 Å². The molecule has 0 fully saturated rings. The van der Waals surface area contributed by atoms with Gasteiger partial charge in [-0.2, -0.15) is 0 Å². The number of hydrogen-bond acceptors (Lipinski definition) is 4. The molecule has 116 valence electrons. The van der Waals surface area contributed by atoms with Crippen LogP contribution in [0.1, 0.15) is 33.1 Å². The van der Waals surface area contributed by atoms with Crippen LogP contribution in [0.3, 0.4) is 0 Å². The summed E-state index contributed by atoms with van der Waals surface area (Å²) >= 11 is 0. The van der Waals surface area contributed by atoms with Gasteiger partial charge < -0.3 is 15.5 Å². The molecule has 0 bridgehead atoms. The van der Waals surface area contributed by atoms with E-state index >= 15 is 0 Å². The van der Waals surface area contributed by atoms with E-state index in [1.807, 2.05) is 26.1 Å². The zero-order valence-electron chi connectivity index (χ0n) is 12.6. The monoisotopic (exact) mass is 286 g/mol. The molecular weight excluding hydrogens is 259 g/mol. The highest BCUT2D eigenvalue weighted by atomic mass is 19.1. The van der Waals surface area contributed by atoms with Crippen molar-refractivity contribution in [3.05, 3.63) is 23.7 Å². The molecule has 1 aliphatic rings. The molecule has 0 amide bonds. The summed E-state index contributed by atoms with van der Waals surface area (Å²) in [4.78, 5) is 2.16. The van der Waals surface area contributed by atoms with Gasteiger partial charge in [0.1, 0.15) is 5.83 Å². The van der Waals surface area contributed by atoms with Gasteiger partial charge in [0.25, 0.3) is 0 Å². The summed E-state index contributed by atoms with van der Waals surface area (Å²) in [5.74, 6) is -0.0957. The van der Waals surface area contributed by atoms with Crippen LogP contribution in [0.2, 0.25) is 0 Å². The van der Waals surface area contributed by atoms with E-state index in [1.165, 1.54) is 0 Å². The van der Waals surface area contributed by atoms with Gasteiger partial charge in [-0.05, 0) is 45.4 Å². The van der Waals surface area contributed by atoms with Crippen LogP contribution in [0.25, 0.3) is 0 Å². The van der Waals surface area contributed by atoms with Crippen molar-refractivity contribution < 1.29 is 14.6 Å². The van der Waals surface area contributed by atoms with Gasteiger partial charge in [-0.1, -0.05) is 13.0 Å². The number of allylic oxidation sites excluding steroid dienone is 2. The molecule has 2 atom stereocenters. The van der Waals surface area contributed by atoms with Crippen LogP contribution in [0.5, 0.6) is 0 Å². The molecular formula is C15H27FN2O2. The van der Waals surface area contributed by atoms with E-state index in [1.54, 1.807) is 0 Å². The molecule has 0 aromatic rings. The van der Waals surface area contributed by atoms with Crippen LogP contribution < -0.4 is 5.32 Å². The molecule has 3 N–H and O–H groups in total. The number of likely N-dealkylation sites (N-methyl/N-ethyl adjacent to an activating group) is 2. The van der Waals surface area contributed by atoms with Crippen molar-refractivity contribution in [2.24, 2.45) is 5.92 Å². The van der Waals surface area contributed by atoms with Crippen LogP contribution in [0.4, 0.5) is 4.39 Å². The van der Waals surface area contributed by atoms with Crippen LogP contribution in [0.15, 0.2) is 23.7 Å². The van der Waals surface area contributed by atoms with Crippen LogP contribution in [0, 0.1) is 5.92 Å². The van der Waals surface area contributed by atoms with E-state index in [9.17, 15) is 4.39 Å². The van der Waals surface area contributed by atoms with E-state index in [2.05, 4.69) is 17.1 Å². The Morgan fingerprint density at radius 2 is 2.15 bits per heavy atom. The molecule has 0 spiro atoms. The van der Waals surface area contributed by atoms with Crippen molar-refractivity contribution in [2.45, 2.75) is 45.4 Å². The molecule has 1 rings (SSSR count). The van der Waals surface area contributed by atoms with Gasteiger partial charge in [0.15, 0.2) is 6.29 Å². The molecule has 0 aliphatic heterocycles. The molecule has 0 aromatic carbocycles. The number of nitrogens with zero attached hydrogens (tertiary/aromatic N) is 1. The normalized spacial score (nSPS) is 23.6. The first kappa shape index (κ1) is 17.1. The van der Waals surface area contributed by atoms with E-state index in [-0.39, 0.29) is 24.2 Å². The average Bonchev–Trinajstić information content (AvgIpc) is 2.56. The van der Waals surface area contributed by atoms with Crippen molar-refractivity contribution >= 4 is 0 Å². The van der Waals surface area contributed by atoms with Gasteiger partial charge in [0.2, 0.25) is 0 Å². The van der Waals surface area contributed by atoms with Gasteiger partial charge in [-0.25, -0.2) is 4.39 Å². The second-order valence-corrected chi connectivity index (χ2v) is 5.29. The summed E-state index contributed by atoms with van der Waals surface area (Å²) in [6.07, 6.45) is 3.69. The zero-order valence-corrected chi connectivity index (χ0v) is 12.6. The van der Waals surface area contributed by atoms with Gasteiger partial charge in [0, 0.05) is 19.0 Å². The molecule has 5 heteroatoms. The summed E-state index contributed by atoms with van der Waals surface area (Å²) < 4.78 is 14.2. The first-order valence-corrected chi connectivity index (χ1v) is 7.36. The third-order valence-corrected chi connectivity index (χ3v) is 3.85. The van der Waals surface area contributed by atoms with Crippen LogP contribution >= 0.6 is 0 Å². The SMILES string of the molecule is CCNC1=C(F)C[C@@H](CCC(O)O)C(N(C)CC)C=C1. The van der Waals surface area contributed by atoms with Gasteiger partial charge >= 0.3 is 0 Å². The molecule has 1 unspecified atom stereocenters. The maximum Gasteiger partial charge on any atom is 0.151 e. The van der Waals surface area contributed by atoms with Gasteiger partial charge in [0.05, 0.1) is 5.70 Å². The minimum atomic E-state index is -1.32. The number of aliphatic hydroxyl groups excluding tert-OH is 1. The topological polar surface area (TPSA) is 55.7 Å². The maximum atomic E-state index is 14.2. The van der Waals surface area contributed by atoms with Crippen LogP contribution in [-0.4, -0.2) is 47.6 Å². The Hall–Kier alpha value is -0.910. The van der Waals surface area contributed by atoms with E-state index in [0.29, 0.717) is 25.1 Å². The minimum Gasteiger partial charge on any atom is -0.383 e. The summed E-state index contributed by atoms with van der Waals surface area (Å²) in [6, 6.07) is 0.112. The quantitative estimate of drug-likeness (QED) is 0.624. The molecule has 0 heterocycles. The van der Waals surface area contributed by atoms with Crippen molar-refractivity contribution in [1.29, 1.82) is 0 Å². The lowest BCUT2D eigenvalue weighted by atomic mass is 9.90. The number of hydrogen-bond donors (Lipinski definition) is 3. The summed E-state index contributed by atoms with van der Waals surface area (Å²) in [6.45, 7) is 5.55. The second kappa shape index (κ2) is 8.39. The highest BCUT2D eigenvalue weighted by Crippen LogP contribution is 2.30. The lowest BCUT2D eigenvalue weighted by Gasteiger charge is -2.31. The third-order valence-electron chi connectivity index (χ3n) is 3.85. The average molecular weight is 286 g/mol. The molecule has 0 saturated carbocycles. The van der Waals surface area contributed by atoms with E-state index in [4.69, 9.17) is 10.2 Å². The molecule has 1 aliphatic carbocycles. The predicted molar refractivity (Wildman–Crippen MR) is 78.6 cm³/mol. The van der Waals surface area contributed by atoms with Crippen LogP contribution in [-0.2, 0) is 0 Å². The van der Waals surface area contributed by atoms with Gasteiger partial charge in [-0.3, -0.25) is 4.90 Å². The minimum absolute atomic E-state index is 0.0501. The number of rotatable bonds is 7. The fourth-order valence-electron chi connectivity index (χ4n) is 2.60. The number of nitrogens with one attached hydrogen (secondary N) is 1. The summed E-state index contributed by atoms with van der Waals surface area (Å²) in [7, 11) is 2.01. The summed E-state index contributed by atoms with van der Waals surface area (Å²) in [5, 5.41) is 21.1. The zero-order chi connectivity index (χ0) is 15.1. The standard InChI is InChI=1S/C15H27FN2O2/c1-4-17-13-7-8-14(18(3)5-2)11(10-12(13)16)6-9-15(19)20/h7-8,11,14-15,17,19-20H,4-6,9-10H2,1-3H3/t11-,14?/m1/s1. The maximum absolute atomic E-state index is 14.2. The van der Waals surface area contributed by atoms with Crippen molar-refractivity contribution in [2.75, 3.05) is 20.1 Å². The lowest BCUT2D eigenvalue weighted by molar-refractivity contribution is -0.0503. The Labute approximate surface area is 121 Å². The largest absolute Gasteiger partial charge is 0.383 e. The Bertz CT molecular complexity index is 356. The Morgan fingerprint density at radius 3 is 2.70 bits per heavy atom. The predicted octanol–water partition coefficient (Wildman–Crippen LogP) is 1.76. The van der Waals surface area contributed by atoms with Crippen molar-refractivity contribution in [1.82, 2.24) is 10.2 Å². The Kier molecular flexibility index (Phi) is 7.19. The molecule has 4 nitrogen and oxygen atoms in total. The first-order valence-electron chi connectivity index (χ1n) is 7.36. The molecule has 20 heavy (non-hydrogen) atoms. The second-order valence-electron chi connectivity index (χ2n) is 5.29. The summed E-state index contributed by atoms with van der Waals surface area (Å²) in [5.41, 5.74) is 0.550. The lowest BCUT2D eigenvalue weighted by Crippen LogP contribution is -2.36. The number of halogens is 1. The number of aliphatic hydroxyl groups is 2. The Morgan fingerprint density at radius 1 is 1.45 bits per heavy atom.